The van der Waals surface area contributed by atoms with Crippen molar-refractivity contribution in [3.8, 4) is 0 Å². The number of hydrogen-bond acceptors (Lipinski definition) is 2. The van der Waals surface area contributed by atoms with Crippen molar-refractivity contribution in [2.75, 3.05) is 19.6 Å². The Morgan fingerprint density at radius 1 is 1.10 bits per heavy atom. The first kappa shape index (κ1) is 15.6. The molecule has 21 heavy (non-hydrogen) atoms. The molecular formula is C19H34N2. The maximum absolute atomic E-state index is 3.99. The summed E-state index contributed by atoms with van der Waals surface area (Å²) in [6, 6.07) is 0.637. The Morgan fingerprint density at radius 2 is 1.86 bits per heavy atom. The molecule has 2 fully saturated rings. The van der Waals surface area contributed by atoms with Crippen LogP contribution in [0, 0.1) is 0 Å². The number of nitrogens with zero attached hydrogens (tertiary/aromatic N) is 1. The molecule has 2 heteroatoms. The van der Waals surface area contributed by atoms with Gasteiger partial charge in [-0.1, -0.05) is 31.4 Å². The zero-order valence-corrected chi connectivity index (χ0v) is 14.0. The number of hydrogen-bond donors (Lipinski definition) is 1. The van der Waals surface area contributed by atoms with Gasteiger partial charge < -0.3 is 5.32 Å². The summed E-state index contributed by atoms with van der Waals surface area (Å²) in [5.41, 5.74) is 2.21. The molecule has 1 atom stereocenters. The predicted molar refractivity (Wildman–Crippen MR) is 90.6 cm³/mol. The Morgan fingerprint density at radius 3 is 2.48 bits per heavy atom. The van der Waals surface area contributed by atoms with Crippen LogP contribution in [0.25, 0.3) is 0 Å². The molecule has 0 radical (unpaired) electrons. The zero-order valence-electron chi connectivity index (χ0n) is 14.0. The lowest BCUT2D eigenvalue weighted by atomic mass is 9.78. The number of nitrogens with one attached hydrogen (secondary N) is 1. The fraction of sp³-hybridized carbons (Fsp3) is 0.895. The van der Waals surface area contributed by atoms with Gasteiger partial charge in [0, 0.05) is 11.6 Å². The molecule has 0 bridgehead atoms. The van der Waals surface area contributed by atoms with E-state index in [1.807, 2.05) is 0 Å². The third-order valence-corrected chi connectivity index (χ3v) is 6.04. The van der Waals surface area contributed by atoms with Gasteiger partial charge in [0.1, 0.15) is 0 Å². The summed E-state index contributed by atoms with van der Waals surface area (Å²) in [4.78, 5) is 2.88. The lowest BCUT2D eigenvalue weighted by Gasteiger charge is -2.47. The highest BCUT2D eigenvalue weighted by atomic mass is 15.2. The summed E-state index contributed by atoms with van der Waals surface area (Å²) >= 11 is 0. The Hall–Kier alpha value is -0.340. The van der Waals surface area contributed by atoms with Crippen molar-refractivity contribution in [3.05, 3.63) is 11.6 Å². The summed E-state index contributed by atoms with van der Waals surface area (Å²) in [6.45, 7) is 6.17. The lowest BCUT2D eigenvalue weighted by molar-refractivity contribution is 0.0881. The summed E-state index contributed by atoms with van der Waals surface area (Å²) in [5, 5.41) is 3.99. The second-order valence-electron chi connectivity index (χ2n) is 7.42. The van der Waals surface area contributed by atoms with Crippen LogP contribution >= 0.6 is 0 Å². The van der Waals surface area contributed by atoms with E-state index in [0.29, 0.717) is 11.6 Å². The minimum Gasteiger partial charge on any atom is -0.309 e. The standard InChI is InChI=1S/C19H34N2/c1-2-14-20-18(17-10-4-3-5-11-17)19(12-6-7-13-19)21-15-8-9-16-21/h10,18,20H,2-9,11-16H2,1H3. The topological polar surface area (TPSA) is 15.3 Å². The van der Waals surface area contributed by atoms with Gasteiger partial charge in [0.25, 0.3) is 0 Å². The van der Waals surface area contributed by atoms with Crippen LogP contribution in [0.2, 0.25) is 0 Å². The second kappa shape index (κ2) is 7.28. The first-order valence-electron chi connectivity index (χ1n) is 9.54. The summed E-state index contributed by atoms with van der Waals surface area (Å²) in [5.74, 6) is 0. The molecule has 0 aromatic rings. The molecule has 120 valence electrons. The number of likely N-dealkylation sites (tertiary alicyclic amines) is 1. The van der Waals surface area contributed by atoms with Crippen molar-refractivity contribution in [1.82, 2.24) is 10.2 Å². The van der Waals surface area contributed by atoms with Crippen LogP contribution in [0.5, 0.6) is 0 Å². The van der Waals surface area contributed by atoms with Gasteiger partial charge >= 0.3 is 0 Å². The average Bonchev–Trinajstić information content (AvgIpc) is 3.21. The monoisotopic (exact) mass is 290 g/mol. The van der Waals surface area contributed by atoms with Gasteiger partial charge in [0.05, 0.1) is 0 Å². The predicted octanol–water partition coefficient (Wildman–Crippen LogP) is 4.26. The largest absolute Gasteiger partial charge is 0.309 e. The summed E-state index contributed by atoms with van der Waals surface area (Å²) < 4.78 is 0. The van der Waals surface area contributed by atoms with Gasteiger partial charge in [-0.3, -0.25) is 4.90 Å². The van der Waals surface area contributed by atoms with Crippen LogP contribution in [0.3, 0.4) is 0 Å². The molecular weight excluding hydrogens is 256 g/mol. The molecule has 0 amide bonds. The van der Waals surface area contributed by atoms with E-state index in [1.54, 1.807) is 5.57 Å². The number of rotatable bonds is 6. The highest BCUT2D eigenvalue weighted by Crippen LogP contribution is 2.43. The highest BCUT2D eigenvalue weighted by Gasteiger charge is 2.47. The first-order chi connectivity index (χ1) is 10.4. The van der Waals surface area contributed by atoms with E-state index in [9.17, 15) is 0 Å². The normalized spacial score (nSPS) is 27.8. The Bertz CT molecular complexity index is 349. The molecule has 2 nitrogen and oxygen atoms in total. The molecule has 3 aliphatic rings. The van der Waals surface area contributed by atoms with Crippen LogP contribution in [-0.4, -0.2) is 36.1 Å². The van der Waals surface area contributed by atoms with Gasteiger partial charge in [0.15, 0.2) is 0 Å². The second-order valence-corrected chi connectivity index (χ2v) is 7.42. The van der Waals surface area contributed by atoms with Crippen molar-refractivity contribution in [2.24, 2.45) is 0 Å². The Balaban J connectivity index is 1.85. The van der Waals surface area contributed by atoms with Crippen molar-refractivity contribution in [1.29, 1.82) is 0 Å². The fourth-order valence-electron chi connectivity index (χ4n) is 5.02. The average molecular weight is 290 g/mol. The van der Waals surface area contributed by atoms with E-state index < -0.39 is 0 Å². The molecule has 1 unspecified atom stereocenters. The Labute approximate surface area is 131 Å². The van der Waals surface area contributed by atoms with Crippen molar-refractivity contribution in [3.63, 3.8) is 0 Å². The van der Waals surface area contributed by atoms with Crippen LogP contribution in [-0.2, 0) is 0 Å². The summed E-state index contributed by atoms with van der Waals surface area (Å²) in [6.07, 6.45) is 17.9. The van der Waals surface area contributed by atoms with Crippen molar-refractivity contribution >= 4 is 0 Å². The molecule has 0 aromatic carbocycles. The molecule has 3 rings (SSSR count). The van der Waals surface area contributed by atoms with E-state index in [2.05, 4.69) is 23.2 Å². The number of allylic oxidation sites excluding steroid dienone is 1. The SMILES string of the molecule is CCCNC(C1=CCCCC1)C1(N2CCCC2)CCCC1. The van der Waals surface area contributed by atoms with Gasteiger partial charge in [0.2, 0.25) is 0 Å². The van der Waals surface area contributed by atoms with E-state index in [1.165, 1.54) is 90.3 Å². The molecule has 0 aromatic heterocycles. The maximum Gasteiger partial charge on any atom is 0.0466 e. The van der Waals surface area contributed by atoms with Crippen LogP contribution in [0.15, 0.2) is 11.6 Å². The van der Waals surface area contributed by atoms with Crippen LogP contribution in [0.4, 0.5) is 0 Å². The lowest BCUT2D eigenvalue weighted by Crippen LogP contribution is -2.60. The van der Waals surface area contributed by atoms with Crippen LogP contribution < -0.4 is 5.32 Å². The molecule has 1 heterocycles. The molecule has 1 saturated carbocycles. The third-order valence-electron chi connectivity index (χ3n) is 6.04. The van der Waals surface area contributed by atoms with Gasteiger partial charge in [-0.15, -0.1) is 0 Å². The fourth-order valence-corrected chi connectivity index (χ4v) is 5.02. The Kier molecular flexibility index (Phi) is 5.39. The first-order valence-corrected chi connectivity index (χ1v) is 9.54. The van der Waals surface area contributed by atoms with E-state index >= 15 is 0 Å². The van der Waals surface area contributed by atoms with Gasteiger partial charge in [-0.25, -0.2) is 0 Å². The zero-order chi connectivity index (χ0) is 14.5. The molecule has 0 spiro atoms. The van der Waals surface area contributed by atoms with Crippen molar-refractivity contribution < 1.29 is 0 Å². The minimum absolute atomic E-state index is 0.453. The molecule has 1 saturated heterocycles. The smallest absolute Gasteiger partial charge is 0.0466 e. The van der Waals surface area contributed by atoms with E-state index in [4.69, 9.17) is 0 Å². The molecule has 2 aliphatic carbocycles. The maximum atomic E-state index is 3.99. The van der Waals surface area contributed by atoms with Crippen molar-refractivity contribution in [2.45, 2.75) is 89.1 Å². The quantitative estimate of drug-likeness (QED) is 0.735. The summed E-state index contributed by atoms with van der Waals surface area (Å²) in [7, 11) is 0. The van der Waals surface area contributed by atoms with Gasteiger partial charge in [-0.2, -0.15) is 0 Å². The highest BCUT2D eigenvalue weighted by molar-refractivity contribution is 5.23. The minimum atomic E-state index is 0.453. The third kappa shape index (κ3) is 3.22. The van der Waals surface area contributed by atoms with Gasteiger partial charge in [-0.05, 0) is 77.4 Å². The van der Waals surface area contributed by atoms with Crippen LogP contribution in [0.1, 0.15) is 77.6 Å². The van der Waals surface area contributed by atoms with E-state index in [-0.39, 0.29) is 0 Å². The molecule has 1 aliphatic heterocycles. The van der Waals surface area contributed by atoms with E-state index in [0.717, 1.165) is 0 Å². The molecule has 1 N–H and O–H groups in total.